The van der Waals surface area contributed by atoms with Crippen molar-refractivity contribution in [1.29, 1.82) is 0 Å². The highest BCUT2D eigenvalue weighted by Gasteiger charge is 2.14. The predicted octanol–water partition coefficient (Wildman–Crippen LogP) is 4.96. The first-order valence-corrected chi connectivity index (χ1v) is 8.90. The van der Waals surface area contributed by atoms with E-state index in [2.05, 4.69) is 11.4 Å². The maximum atomic E-state index is 6.17. The van der Waals surface area contributed by atoms with Gasteiger partial charge in [-0.25, -0.2) is 0 Å². The third kappa shape index (κ3) is 4.43. The number of methoxy groups -OCH3 is 1. The summed E-state index contributed by atoms with van der Waals surface area (Å²) < 4.78 is 11.4. The average Bonchev–Trinajstić information content (AvgIpc) is 3.13. The van der Waals surface area contributed by atoms with Gasteiger partial charge in [0.2, 0.25) is 0 Å². The van der Waals surface area contributed by atoms with Gasteiger partial charge in [0.25, 0.3) is 0 Å². The number of halogens is 1. The molecular weight excluding hydrogens is 322 g/mol. The number of nitrogens with one attached hydrogen (secondary N) is 1. The van der Waals surface area contributed by atoms with Crippen LogP contribution in [-0.4, -0.2) is 13.2 Å². The second kappa shape index (κ2) is 8.41. The molecule has 1 fully saturated rings. The van der Waals surface area contributed by atoms with Gasteiger partial charge < -0.3 is 14.8 Å². The molecule has 0 unspecified atom stereocenters. The second-order valence-electron chi connectivity index (χ2n) is 6.23. The highest BCUT2D eigenvalue weighted by Crippen LogP contribution is 2.30. The van der Waals surface area contributed by atoms with E-state index < -0.39 is 0 Å². The lowest BCUT2D eigenvalue weighted by molar-refractivity contribution is 0.284. The Kier molecular flexibility index (Phi) is 6.00. The first-order chi connectivity index (χ1) is 11.8. The molecule has 4 heteroatoms. The number of benzene rings is 2. The Labute approximate surface area is 148 Å². The molecule has 1 aliphatic carbocycles. The molecule has 1 aliphatic rings. The minimum atomic E-state index is 0.426. The molecule has 0 aliphatic heterocycles. The summed E-state index contributed by atoms with van der Waals surface area (Å²) in [7, 11) is 1.67. The van der Waals surface area contributed by atoms with E-state index in [0.717, 1.165) is 23.6 Å². The molecule has 1 saturated carbocycles. The molecule has 0 aromatic heterocycles. The molecule has 0 spiro atoms. The summed E-state index contributed by atoms with van der Waals surface area (Å²) in [4.78, 5) is 0. The molecule has 0 saturated heterocycles. The van der Waals surface area contributed by atoms with Gasteiger partial charge in [-0.3, -0.25) is 0 Å². The fraction of sp³-hybridized carbons (Fsp3) is 0.400. The van der Waals surface area contributed by atoms with Crippen molar-refractivity contribution in [2.24, 2.45) is 0 Å². The summed E-state index contributed by atoms with van der Waals surface area (Å²) in [6.07, 6.45) is 5.26. The van der Waals surface area contributed by atoms with Crippen LogP contribution in [0.15, 0.2) is 42.5 Å². The molecule has 1 N–H and O–H groups in total. The smallest absolute Gasteiger partial charge is 0.161 e. The van der Waals surface area contributed by atoms with E-state index in [0.29, 0.717) is 17.7 Å². The molecule has 24 heavy (non-hydrogen) atoms. The van der Waals surface area contributed by atoms with Crippen molar-refractivity contribution >= 4 is 11.6 Å². The fourth-order valence-electron chi connectivity index (χ4n) is 3.10. The van der Waals surface area contributed by atoms with Gasteiger partial charge in [0.15, 0.2) is 11.5 Å². The quantitative estimate of drug-likeness (QED) is 0.769. The summed E-state index contributed by atoms with van der Waals surface area (Å²) in [5, 5.41) is 4.34. The van der Waals surface area contributed by atoms with E-state index in [-0.39, 0.29) is 0 Å². The monoisotopic (exact) mass is 345 g/mol. The summed E-state index contributed by atoms with van der Waals surface area (Å²) in [5.41, 5.74) is 2.18. The zero-order valence-corrected chi connectivity index (χ0v) is 14.8. The van der Waals surface area contributed by atoms with Gasteiger partial charge in [-0.15, -0.1) is 0 Å². The Balaban J connectivity index is 1.62. The first-order valence-electron chi connectivity index (χ1n) is 8.53. The Morgan fingerprint density at radius 3 is 2.62 bits per heavy atom. The van der Waals surface area contributed by atoms with Crippen LogP contribution in [0.3, 0.4) is 0 Å². The molecule has 0 amide bonds. The van der Waals surface area contributed by atoms with E-state index in [1.807, 2.05) is 36.4 Å². The third-order valence-corrected chi connectivity index (χ3v) is 4.89. The van der Waals surface area contributed by atoms with E-state index in [4.69, 9.17) is 21.1 Å². The summed E-state index contributed by atoms with van der Waals surface area (Å²) in [6, 6.07) is 14.5. The Bertz CT molecular complexity index is 668. The van der Waals surface area contributed by atoms with Gasteiger partial charge in [0, 0.05) is 23.2 Å². The molecule has 0 bridgehead atoms. The van der Waals surface area contributed by atoms with Crippen molar-refractivity contribution in [3.8, 4) is 11.5 Å². The molecule has 0 radical (unpaired) electrons. The lowest BCUT2D eigenvalue weighted by Gasteiger charge is -2.15. The Morgan fingerprint density at radius 2 is 1.88 bits per heavy atom. The fourth-order valence-corrected chi connectivity index (χ4v) is 3.29. The maximum absolute atomic E-state index is 6.17. The van der Waals surface area contributed by atoms with E-state index in [1.54, 1.807) is 7.11 Å². The molecule has 128 valence electrons. The number of ether oxygens (including phenoxy) is 2. The van der Waals surface area contributed by atoms with Crippen molar-refractivity contribution in [1.82, 2.24) is 5.32 Å². The Hall–Kier alpha value is -1.71. The molecule has 0 heterocycles. The highest BCUT2D eigenvalue weighted by atomic mass is 35.5. The van der Waals surface area contributed by atoms with Crippen LogP contribution in [0.25, 0.3) is 0 Å². The van der Waals surface area contributed by atoms with Crippen LogP contribution in [0.1, 0.15) is 36.8 Å². The SMILES string of the molecule is COc1cc(CNC2CCCC2)ccc1OCc1ccccc1Cl. The van der Waals surface area contributed by atoms with Crippen LogP contribution in [-0.2, 0) is 13.2 Å². The number of rotatable bonds is 7. The summed E-state index contributed by atoms with van der Waals surface area (Å²) >= 11 is 6.17. The van der Waals surface area contributed by atoms with Crippen LogP contribution >= 0.6 is 11.6 Å². The van der Waals surface area contributed by atoms with Gasteiger partial charge in [0.05, 0.1) is 7.11 Å². The van der Waals surface area contributed by atoms with Crippen LogP contribution < -0.4 is 14.8 Å². The molecule has 0 atom stereocenters. The molecule has 3 rings (SSSR count). The largest absolute Gasteiger partial charge is 0.493 e. The summed E-state index contributed by atoms with van der Waals surface area (Å²) in [5.74, 6) is 1.50. The standard InChI is InChI=1S/C20H24ClNO2/c1-23-20-12-15(13-22-17-7-3-4-8-17)10-11-19(20)24-14-16-6-2-5-9-18(16)21/h2,5-6,9-12,17,22H,3-4,7-8,13-14H2,1H3. The lowest BCUT2D eigenvalue weighted by atomic mass is 10.1. The zero-order valence-electron chi connectivity index (χ0n) is 14.1. The van der Waals surface area contributed by atoms with Gasteiger partial charge in [-0.05, 0) is 36.6 Å². The van der Waals surface area contributed by atoms with Gasteiger partial charge in [-0.2, -0.15) is 0 Å². The van der Waals surface area contributed by atoms with Crippen molar-refractivity contribution in [3.05, 3.63) is 58.6 Å². The summed E-state index contributed by atoms with van der Waals surface area (Å²) in [6.45, 7) is 1.29. The van der Waals surface area contributed by atoms with Crippen LogP contribution in [0.2, 0.25) is 5.02 Å². The van der Waals surface area contributed by atoms with Crippen LogP contribution in [0, 0.1) is 0 Å². The minimum Gasteiger partial charge on any atom is -0.493 e. The van der Waals surface area contributed by atoms with E-state index in [9.17, 15) is 0 Å². The van der Waals surface area contributed by atoms with E-state index >= 15 is 0 Å². The highest BCUT2D eigenvalue weighted by molar-refractivity contribution is 6.31. The van der Waals surface area contributed by atoms with Crippen molar-refractivity contribution in [3.63, 3.8) is 0 Å². The molecule has 2 aromatic carbocycles. The van der Waals surface area contributed by atoms with E-state index in [1.165, 1.54) is 31.2 Å². The van der Waals surface area contributed by atoms with Gasteiger partial charge in [0.1, 0.15) is 6.61 Å². The van der Waals surface area contributed by atoms with Crippen molar-refractivity contribution < 1.29 is 9.47 Å². The van der Waals surface area contributed by atoms with Crippen LogP contribution in [0.5, 0.6) is 11.5 Å². The maximum Gasteiger partial charge on any atom is 0.161 e. The van der Waals surface area contributed by atoms with Gasteiger partial charge in [-0.1, -0.05) is 48.7 Å². The molecule has 3 nitrogen and oxygen atoms in total. The predicted molar refractivity (Wildman–Crippen MR) is 97.9 cm³/mol. The Morgan fingerprint density at radius 1 is 1.08 bits per heavy atom. The van der Waals surface area contributed by atoms with Gasteiger partial charge >= 0.3 is 0 Å². The van der Waals surface area contributed by atoms with Crippen molar-refractivity contribution in [2.75, 3.05) is 7.11 Å². The first kappa shape index (κ1) is 17.1. The zero-order chi connectivity index (χ0) is 16.8. The third-order valence-electron chi connectivity index (χ3n) is 4.52. The average molecular weight is 346 g/mol. The number of hydrogen-bond acceptors (Lipinski definition) is 3. The van der Waals surface area contributed by atoms with Crippen LogP contribution in [0.4, 0.5) is 0 Å². The normalized spacial score (nSPS) is 14.8. The number of hydrogen-bond donors (Lipinski definition) is 1. The minimum absolute atomic E-state index is 0.426. The lowest BCUT2D eigenvalue weighted by Crippen LogP contribution is -2.25. The topological polar surface area (TPSA) is 30.5 Å². The molecule has 2 aromatic rings. The van der Waals surface area contributed by atoms with Crippen molar-refractivity contribution in [2.45, 2.75) is 44.9 Å². The molecular formula is C20H24ClNO2. The second-order valence-corrected chi connectivity index (χ2v) is 6.63.